The van der Waals surface area contributed by atoms with Gasteiger partial charge in [-0.15, -0.1) is 12.4 Å². The summed E-state index contributed by atoms with van der Waals surface area (Å²) in [4.78, 5) is 29.0. The Morgan fingerprint density at radius 2 is 1.90 bits per heavy atom. The minimum Gasteiger partial charge on any atom is -0.364 e. The smallest absolute Gasteiger partial charge is 0.172 e. The summed E-state index contributed by atoms with van der Waals surface area (Å²) < 4.78 is 0. The van der Waals surface area contributed by atoms with Crippen molar-refractivity contribution in [2.75, 3.05) is 23.3 Å². The van der Waals surface area contributed by atoms with E-state index in [1.54, 1.807) is 36.7 Å². The molecule has 0 atom stereocenters. The lowest BCUT2D eigenvalue weighted by Gasteiger charge is -2.33. The van der Waals surface area contributed by atoms with Crippen LogP contribution in [0.15, 0.2) is 42.7 Å². The molecule has 3 aromatic rings. The van der Waals surface area contributed by atoms with Gasteiger partial charge in [-0.2, -0.15) is 5.26 Å². The van der Waals surface area contributed by atoms with Crippen LogP contribution in [-0.4, -0.2) is 39.9 Å². The Hall–Kier alpha value is -3.24. The Labute approximate surface area is 186 Å². The van der Waals surface area contributed by atoms with Crippen LogP contribution in [0.2, 0.25) is 0 Å². The molecule has 0 radical (unpaired) electrons. The molecular formula is C23H23ClN6O. The van der Waals surface area contributed by atoms with Crippen LogP contribution < -0.4 is 10.2 Å². The molecule has 5 rings (SSSR count). The summed E-state index contributed by atoms with van der Waals surface area (Å²) in [5.74, 6) is 1.75. The van der Waals surface area contributed by atoms with E-state index in [9.17, 15) is 4.79 Å². The fourth-order valence-corrected chi connectivity index (χ4v) is 3.97. The average molecular weight is 435 g/mol. The van der Waals surface area contributed by atoms with Gasteiger partial charge in [0.2, 0.25) is 0 Å². The van der Waals surface area contributed by atoms with Gasteiger partial charge in [0.25, 0.3) is 0 Å². The van der Waals surface area contributed by atoms with Crippen molar-refractivity contribution in [1.82, 2.24) is 15.0 Å². The van der Waals surface area contributed by atoms with Gasteiger partial charge in [0.05, 0.1) is 23.3 Å². The van der Waals surface area contributed by atoms with Crippen molar-refractivity contribution in [3.8, 4) is 6.07 Å². The second-order valence-electron chi connectivity index (χ2n) is 8.00. The molecule has 0 bridgehead atoms. The van der Waals surface area contributed by atoms with Crippen LogP contribution in [0.4, 0.5) is 11.6 Å². The van der Waals surface area contributed by atoms with E-state index in [1.807, 2.05) is 6.07 Å². The maximum Gasteiger partial charge on any atom is 0.172 e. The lowest BCUT2D eigenvalue weighted by molar-refractivity contribution is 0.0900. The van der Waals surface area contributed by atoms with Crippen molar-refractivity contribution in [2.45, 2.75) is 31.7 Å². The van der Waals surface area contributed by atoms with Crippen LogP contribution in [0.3, 0.4) is 0 Å². The molecule has 1 saturated heterocycles. The second-order valence-corrected chi connectivity index (χ2v) is 8.00. The molecule has 31 heavy (non-hydrogen) atoms. The molecule has 0 unspecified atom stereocenters. The third-order valence-corrected chi connectivity index (χ3v) is 5.81. The highest BCUT2D eigenvalue weighted by molar-refractivity contribution is 5.98. The second kappa shape index (κ2) is 8.86. The summed E-state index contributed by atoms with van der Waals surface area (Å²) in [7, 11) is 0. The fourth-order valence-electron chi connectivity index (χ4n) is 3.97. The van der Waals surface area contributed by atoms with Gasteiger partial charge in [-0.05, 0) is 43.9 Å². The lowest BCUT2D eigenvalue weighted by Crippen LogP contribution is -2.37. The number of Topliss-reactive ketones (excluding diaryl/α,β-unsaturated/α-hetero) is 1. The molecule has 1 N–H and O–H groups in total. The van der Waals surface area contributed by atoms with Crippen LogP contribution in [-0.2, 0) is 0 Å². The number of benzene rings is 1. The molecule has 0 spiro atoms. The molecule has 7 nitrogen and oxygen atoms in total. The fraction of sp³-hybridized carbons (Fsp3) is 0.348. The van der Waals surface area contributed by atoms with Gasteiger partial charge in [-0.1, -0.05) is 12.1 Å². The number of halogens is 1. The first-order chi connectivity index (χ1) is 14.7. The summed E-state index contributed by atoms with van der Waals surface area (Å²) in [6, 6.07) is 11.4. The van der Waals surface area contributed by atoms with E-state index in [1.165, 1.54) is 0 Å². The number of ketones is 1. The zero-order valence-electron chi connectivity index (χ0n) is 17.0. The molecule has 158 valence electrons. The van der Waals surface area contributed by atoms with Crippen LogP contribution in [0, 0.1) is 17.2 Å². The minimum atomic E-state index is -0.0369. The molecule has 1 aliphatic heterocycles. The quantitative estimate of drug-likeness (QED) is 0.606. The first-order valence-electron chi connectivity index (χ1n) is 10.4. The Morgan fingerprint density at radius 1 is 1.10 bits per heavy atom. The molecular weight excluding hydrogens is 412 g/mol. The Kier molecular flexibility index (Phi) is 6.01. The molecule has 8 heteroatoms. The highest BCUT2D eigenvalue weighted by Gasteiger charge is 2.30. The van der Waals surface area contributed by atoms with Gasteiger partial charge >= 0.3 is 0 Å². The van der Waals surface area contributed by atoms with Gasteiger partial charge in [0.15, 0.2) is 17.4 Å². The monoisotopic (exact) mass is 434 g/mol. The topological polar surface area (TPSA) is 94.8 Å². The number of aromatic nitrogens is 3. The zero-order chi connectivity index (χ0) is 20.5. The third kappa shape index (κ3) is 4.44. The van der Waals surface area contributed by atoms with Crippen molar-refractivity contribution in [1.29, 1.82) is 5.26 Å². The molecule has 1 aliphatic carbocycles. The molecule has 1 saturated carbocycles. The number of nitrogens with one attached hydrogen (secondary N) is 1. The first kappa shape index (κ1) is 21.0. The Morgan fingerprint density at radius 3 is 2.65 bits per heavy atom. The predicted octanol–water partition coefficient (Wildman–Crippen LogP) is 3.99. The van der Waals surface area contributed by atoms with E-state index in [4.69, 9.17) is 15.2 Å². The van der Waals surface area contributed by atoms with Gasteiger partial charge in [-0.3, -0.25) is 9.78 Å². The number of carbonyl (C=O) groups excluding carboxylic acids is 1. The standard InChI is InChI=1S/C23H22N6O.ClH/c24-13-15-2-1-3-17(12-15)21(30)16-7-10-29(11-8-16)23-22(26-18-4-5-18)27-19-6-9-25-14-20(19)28-23;/h1-3,6,9,12,14,16,18H,4-5,7-8,10-11H2,(H,26,27);1H. The SMILES string of the molecule is Cl.N#Cc1cccc(C(=O)C2CCN(c3nc4cnccc4nc3NC3CC3)CC2)c1. The number of nitriles is 1. The van der Waals surface area contributed by atoms with E-state index in [0.717, 1.165) is 61.4 Å². The maximum atomic E-state index is 12.9. The number of rotatable bonds is 5. The third-order valence-electron chi connectivity index (χ3n) is 5.81. The number of pyridine rings is 1. The van der Waals surface area contributed by atoms with Crippen molar-refractivity contribution in [3.05, 3.63) is 53.9 Å². The van der Waals surface area contributed by atoms with Gasteiger partial charge in [0.1, 0.15) is 5.52 Å². The van der Waals surface area contributed by atoms with Crippen LogP contribution in [0.25, 0.3) is 11.0 Å². The largest absolute Gasteiger partial charge is 0.364 e. The summed E-state index contributed by atoms with van der Waals surface area (Å²) in [5.41, 5.74) is 2.76. The number of nitrogens with zero attached hydrogens (tertiary/aromatic N) is 5. The Bertz CT molecular complexity index is 1150. The molecule has 2 fully saturated rings. The number of hydrogen-bond acceptors (Lipinski definition) is 7. The van der Waals surface area contributed by atoms with E-state index >= 15 is 0 Å². The average Bonchev–Trinajstić information content (AvgIpc) is 3.62. The first-order valence-corrected chi connectivity index (χ1v) is 10.4. The summed E-state index contributed by atoms with van der Waals surface area (Å²) >= 11 is 0. The normalized spacial score (nSPS) is 16.4. The molecule has 3 heterocycles. The van der Waals surface area contributed by atoms with Crippen molar-refractivity contribution in [3.63, 3.8) is 0 Å². The van der Waals surface area contributed by atoms with Crippen LogP contribution in [0.1, 0.15) is 41.6 Å². The maximum absolute atomic E-state index is 12.9. The van der Waals surface area contributed by atoms with Crippen molar-refractivity contribution >= 4 is 40.9 Å². The minimum absolute atomic E-state index is 0. The van der Waals surface area contributed by atoms with E-state index in [2.05, 4.69) is 21.3 Å². The Balaban J connectivity index is 0.00000231. The summed E-state index contributed by atoms with van der Waals surface area (Å²) in [6.45, 7) is 1.49. The number of hydrogen-bond donors (Lipinski definition) is 1. The van der Waals surface area contributed by atoms with Gasteiger partial charge in [0, 0.05) is 36.8 Å². The number of anilines is 2. The molecule has 2 aromatic heterocycles. The van der Waals surface area contributed by atoms with Gasteiger partial charge in [-0.25, -0.2) is 9.97 Å². The predicted molar refractivity (Wildman–Crippen MR) is 122 cm³/mol. The van der Waals surface area contributed by atoms with Gasteiger partial charge < -0.3 is 10.2 Å². The highest BCUT2D eigenvalue weighted by atomic mass is 35.5. The van der Waals surface area contributed by atoms with E-state index in [0.29, 0.717) is 17.2 Å². The molecule has 2 aliphatic rings. The zero-order valence-corrected chi connectivity index (χ0v) is 17.8. The van der Waals surface area contributed by atoms with E-state index < -0.39 is 0 Å². The summed E-state index contributed by atoms with van der Waals surface area (Å²) in [5, 5.41) is 12.6. The number of fused-ring (bicyclic) bond motifs is 1. The highest BCUT2D eigenvalue weighted by Crippen LogP contribution is 2.33. The van der Waals surface area contributed by atoms with Crippen molar-refractivity contribution in [2.24, 2.45) is 5.92 Å². The van der Waals surface area contributed by atoms with Crippen LogP contribution in [0.5, 0.6) is 0 Å². The van der Waals surface area contributed by atoms with Crippen molar-refractivity contribution < 1.29 is 4.79 Å². The summed E-state index contributed by atoms with van der Waals surface area (Å²) in [6.07, 6.45) is 7.30. The van der Waals surface area contributed by atoms with E-state index in [-0.39, 0.29) is 24.1 Å². The lowest BCUT2D eigenvalue weighted by atomic mass is 9.88. The number of piperidine rings is 1. The number of carbonyl (C=O) groups is 1. The van der Waals surface area contributed by atoms with Crippen LogP contribution >= 0.6 is 12.4 Å². The molecule has 1 aromatic carbocycles. The molecule has 0 amide bonds.